The van der Waals surface area contributed by atoms with Crippen LogP contribution in [-0.2, 0) is 16.0 Å². The van der Waals surface area contributed by atoms with Gasteiger partial charge in [0.1, 0.15) is 0 Å². The van der Waals surface area contributed by atoms with Crippen LogP contribution in [0, 0.1) is 11.2 Å². The Morgan fingerprint density at radius 3 is 2.71 bits per heavy atom. The lowest BCUT2D eigenvalue weighted by atomic mass is 9.80. The Hall–Kier alpha value is -1.21. The van der Waals surface area contributed by atoms with Gasteiger partial charge in [-0.2, -0.15) is 0 Å². The van der Waals surface area contributed by atoms with Crippen LogP contribution in [0.1, 0.15) is 24.8 Å². The average Bonchev–Trinajstić information content (AvgIpc) is 2.61. The van der Waals surface area contributed by atoms with Crippen molar-refractivity contribution in [3.8, 4) is 5.75 Å². The van der Waals surface area contributed by atoms with Crippen molar-refractivity contribution in [2.75, 3.05) is 40.0 Å². The Labute approximate surface area is 142 Å². The highest BCUT2D eigenvalue weighted by molar-refractivity contribution is 5.29. The molecule has 5 nitrogen and oxygen atoms in total. The molecular weight excluding hydrogens is 311 g/mol. The third-order valence-corrected chi connectivity index (χ3v) is 4.92. The Morgan fingerprint density at radius 1 is 1.29 bits per heavy atom. The van der Waals surface area contributed by atoms with Crippen LogP contribution < -0.4 is 15.4 Å². The van der Waals surface area contributed by atoms with Crippen molar-refractivity contribution in [3.05, 3.63) is 29.6 Å². The molecule has 1 aromatic rings. The van der Waals surface area contributed by atoms with E-state index in [9.17, 15) is 4.39 Å². The molecule has 6 heteroatoms. The standard InChI is InChI=1S/C18H27FN2O3/c1-22-16-3-2-14(10-15(16)19)11-21-7-4-17-23-12-18(13-24-17)5-8-20-9-6-18/h2-3,10,17,20-21H,4-9,11-13H2,1H3. The minimum Gasteiger partial charge on any atom is -0.494 e. The molecule has 0 aliphatic carbocycles. The zero-order valence-electron chi connectivity index (χ0n) is 14.3. The monoisotopic (exact) mass is 338 g/mol. The number of hydrogen-bond acceptors (Lipinski definition) is 5. The fourth-order valence-corrected chi connectivity index (χ4v) is 3.31. The first-order chi connectivity index (χ1) is 11.7. The summed E-state index contributed by atoms with van der Waals surface area (Å²) in [5.74, 6) is -0.0578. The zero-order chi connectivity index (χ0) is 16.8. The molecule has 3 rings (SSSR count). The number of piperidine rings is 1. The molecule has 0 bridgehead atoms. The molecule has 2 saturated heterocycles. The van der Waals surface area contributed by atoms with E-state index >= 15 is 0 Å². The van der Waals surface area contributed by atoms with Gasteiger partial charge in [-0.25, -0.2) is 4.39 Å². The molecule has 0 amide bonds. The normalized spacial score (nSPS) is 21.1. The largest absolute Gasteiger partial charge is 0.494 e. The van der Waals surface area contributed by atoms with E-state index in [1.54, 1.807) is 6.07 Å². The average molecular weight is 338 g/mol. The molecule has 2 fully saturated rings. The summed E-state index contributed by atoms with van der Waals surface area (Å²) in [6.07, 6.45) is 2.92. The van der Waals surface area contributed by atoms with E-state index in [1.165, 1.54) is 13.2 Å². The van der Waals surface area contributed by atoms with Crippen LogP contribution in [0.15, 0.2) is 18.2 Å². The van der Waals surface area contributed by atoms with E-state index in [-0.39, 0.29) is 23.3 Å². The zero-order valence-corrected chi connectivity index (χ0v) is 14.3. The number of hydrogen-bond donors (Lipinski definition) is 2. The molecule has 2 aliphatic heterocycles. The summed E-state index contributed by atoms with van der Waals surface area (Å²) in [5.41, 5.74) is 1.11. The van der Waals surface area contributed by atoms with Gasteiger partial charge in [0.15, 0.2) is 17.9 Å². The molecule has 0 aromatic heterocycles. The SMILES string of the molecule is COc1ccc(CNCCC2OCC3(CCNCC3)CO2)cc1F. The third-order valence-electron chi connectivity index (χ3n) is 4.92. The van der Waals surface area contributed by atoms with Gasteiger partial charge in [-0.1, -0.05) is 6.07 Å². The first kappa shape index (κ1) is 17.6. The van der Waals surface area contributed by atoms with E-state index in [0.717, 1.165) is 57.7 Å². The van der Waals surface area contributed by atoms with Gasteiger partial charge in [-0.05, 0) is 43.6 Å². The second-order valence-corrected chi connectivity index (χ2v) is 6.74. The van der Waals surface area contributed by atoms with E-state index in [1.807, 2.05) is 6.07 Å². The number of halogens is 1. The number of benzene rings is 1. The van der Waals surface area contributed by atoms with Crippen molar-refractivity contribution in [2.45, 2.75) is 32.1 Å². The number of methoxy groups -OCH3 is 1. The van der Waals surface area contributed by atoms with Crippen LogP contribution in [0.4, 0.5) is 4.39 Å². The third kappa shape index (κ3) is 4.45. The molecular formula is C18H27FN2O3. The van der Waals surface area contributed by atoms with Crippen LogP contribution in [0.2, 0.25) is 0 Å². The lowest BCUT2D eigenvalue weighted by Crippen LogP contribution is -2.48. The Morgan fingerprint density at radius 2 is 2.04 bits per heavy atom. The summed E-state index contributed by atoms with van der Waals surface area (Å²) in [6.45, 7) is 5.08. The maximum Gasteiger partial charge on any atom is 0.165 e. The van der Waals surface area contributed by atoms with E-state index < -0.39 is 0 Å². The topological polar surface area (TPSA) is 51.8 Å². The van der Waals surface area contributed by atoms with Crippen molar-refractivity contribution in [2.24, 2.45) is 5.41 Å². The van der Waals surface area contributed by atoms with Crippen molar-refractivity contribution < 1.29 is 18.6 Å². The van der Waals surface area contributed by atoms with Gasteiger partial charge in [0, 0.05) is 24.9 Å². The summed E-state index contributed by atoms with van der Waals surface area (Å²) in [5, 5.41) is 6.69. The summed E-state index contributed by atoms with van der Waals surface area (Å²) >= 11 is 0. The van der Waals surface area contributed by atoms with E-state index in [0.29, 0.717) is 6.54 Å². The summed E-state index contributed by atoms with van der Waals surface area (Å²) < 4.78 is 30.4. The number of rotatable bonds is 6. The predicted molar refractivity (Wildman–Crippen MR) is 89.5 cm³/mol. The Balaban J connectivity index is 1.35. The lowest BCUT2D eigenvalue weighted by molar-refractivity contribution is -0.235. The van der Waals surface area contributed by atoms with Crippen LogP contribution in [-0.4, -0.2) is 46.2 Å². The molecule has 2 heterocycles. The van der Waals surface area contributed by atoms with Crippen molar-refractivity contribution in [1.82, 2.24) is 10.6 Å². The number of nitrogens with one attached hydrogen (secondary N) is 2. The highest BCUT2D eigenvalue weighted by Crippen LogP contribution is 2.33. The molecule has 0 unspecified atom stereocenters. The highest BCUT2D eigenvalue weighted by Gasteiger charge is 2.37. The summed E-state index contributed by atoms with van der Waals surface area (Å²) in [4.78, 5) is 0. The smallest absolute Gasteiger partial charge is 0.165 e. The maximum atomic E-state index is 13.6. The van der Waals surface area contributed by atoms with Gasteiger partial charge in [-0.15, -0.1) is 0 Å². The second-order valence-electron chi connectivity index (χ2n) is 6.74. The van der Waals surface area contributed by atoms with Crippen LogP contribution in [0.5, 0.6) is 5.75 Å². The van der Waals surface area contributed by atoms with E-state index in [4.69, 9.17) is 14.2 Å². The van der Waals surface area contributed by atoms with Gasteiger partial charge in [0.2, 0.25) is 0 Å². The van der Waals surface area contributed by atoms with Crippen LogP contribution in [0.25, 0.3) is 0 Å². The molecule has 2 aliphatic rings. The summed E-state index contributed by atoms with van der Waals surface area (Å²) in [7, 11) is 1.47. The molecule has 134 valence electrons. The fraction of sp³-hybridized carbons (Fsp3) is 0.667. The van der Waals surface area contributed by atoms with Crippen LogP contribution >= 0.6 is 0 Å². The Bertz CT molecular complexity index is 525. The molecule has 24 heavy (non-hydrogen) atoms. The maximum absolute atomic E-state index is 13.6. The van der Waals surface area contributed by atoms with Crippen molar-refractivity contribution in [3.63, 3.8) is 0 Å². The minimum atomic E-state index is -0.331. The van der Waals surface area contributed by atoms with Gasteiger partial charge in [-0.3, -0.25) is 0 Å². The lowest BCUT2D eigenvalue weighted by Gasteiger charge is -2.42. The van der Waals surface area contributed by atoms with Gasteiger partial charge < -0.3 is 24.8 Å². The fourth-order valence-electron chi connectivity index (χ4n) is 3.31. The highest BCUT2D eigenvalue weighted by atomic mass is 19.1. The van der Waals surface area contributed by atoms with Crippen molar-refractivity contribution in [1.29, 1.82) is 0 Å². The van der Waals surface area contributed by atoms with Gasteiger partial charge in [0.25, 0.3) is 0 Å². The molecule has 1 aromatic carbocycles. The van der Waals surface area contributed by atoms with Crippen molar-refractivity contribution >= 4 is 0 Å². The van der Waals surface area contributed by atoms with Gasteiger partial charge in [0.05, 0.1) is 20.3 Å². The van der Waals surface area contributed by atoms with Crippen LogP contribution in [0.3, 0.4) is 0 Å². The minimum absolute atomic E-state index is 0.134. The Kier molecular flexibility index (Phi) is 6.05. The van der Waals surface area contributed by atoms with E-state index in [2.05, 4.69) is 10.6 Å². The number of ether oxygens (including phenoxy) is 3. The molecule has 0 atom stereocenters. The molecule has 0 radical (unpaired) electrons. The first-order valence-corrected chi connectivity index (χ1v) is 8.68. The predicted octanol–water partition coefficient (Wildman–Crippen LogP) is 2.06. The van der Waals surface area contributed by atoms with Gasteiger partial charge >= 0.3 is 0 Å². The summed E-state index contributed by atoms with van der Waals surface area (Å²) in [6, 6.07) is 5.02. The first-order valence-electron chi connectivity index (χ1n) is 8.68. The molecule has 1 spiro atoms. The molecule has 2 N–H and O–H groups in total. The quantitative estimate of drug-likeness (QED) is 0.778. The molecule has 0 saturated carbocycles. The second kappa shape index (κ2) is 8.25.